The second kappa shape index (κ2) is 7.71. The van der Waals surface area contributed by atoms with E-state index in [1.165, 1.54) is 6.92 Å². The first-order chi connectivity index (χ1) is 9.77. The van der Waals surface area contributed by atoms with Crippen molar-refractivity contribution in [3.05, 3.63) is 11.6 Å². The number of carbonyl (C=O) groups excluding carboxylic acids is 2. The molecule has 1 heterocycles. The molecule has 1 aliphatic heterocycles. The molecule has 0 spiro atoms. The standard InChI is InChI=1S/C15H22ClNO4/c1-10-11(9-17)5-3-4-8-15(2,20)14(19)12(16)6-7-13(18)21-10/h5,9-10,12,17,20H,3-4,6-8H2,1-2H3/b11-5-,17-9?/t10?,12-,15-/m0/s1. The number of nitrogens with one attached hydrogen (secondary N) is 1. The van der Waals surface area contributed by atoms with Gasteiger partial charge in [-0.1, -0.05) is 6.08 Å². The molecule has 6 heteroatoms. The van der Waals surface area contributed by atoms with E-state index in [-0.39, 0.29) is 12.8 Å². The normalized spacial score (nSPS) is 35.5. The highest BCUT2D eigenvalue weighted by Crippen LogP contribution is 2.23. The average molecular weight is 316 g/mol. The molecule has 0 saturated heterocycles. The molecule has 2 N–H and O–H groups in total. The summed E-state index contributed by atoms with van der Waals surface area (Å²) >= 11 is 5.98. The van der Waals surface area contributed by atoms with Gasteiger partial charge in [-0.25, -0.2) is 0 Å². The van der Waals surface area contributed by atoms with E-state index < -0.39 is 28.8 Å². The molecule has 0 fully saturated rings. The van der Waals surface area contributed by atoms with Crippen LogP contribution in [0.25, 0.3) is 0 Å². The van der Waals surface area contributed by atoms with E-state index >= 15 is 0 Å². The van der Waals surface area contributed by atoms with Crippen LogP contribution in [0.5, 0.6) is 0 Å². The first kappa shape index (κ1) is 17.9. The lowest BCUT2D eigenvalue weighted by atomic mass is 9.90. The van der Waals surface area contributed by atoms with E-state index in [2.05, 4.69) is 0 Å². The maximum Gasteiger partial charge on any atom is 0.306 e. The third kappa shape index (κ3) is 5.25. The average Bonchev–Trinajstić information content (AvgIpc) is 2.43. The van der Waals surface area contributed by atoms with Crippen molar-refractivity contribution in [2.75, 3.05) is 0 Å². The van der Waals surface area contributed by atoms with Crippen molar-refractivity contribution < 1.29 is 19.4 Å². The van der Waals surface area contributed by atoms with E-state index in [1.54, 1.807) is 13.0 Å². The van der Waals surface area contributed by atoms with Crippen molar-refractivity contribution in [1.29, 1.82) is 5.41 Å². The summed E-state index contributed by atoms with van der Waals surface area (Å²) in [6, 6.07) is 0. The molecule has 5 nitrogen and oxygen atoms in total. The minimum absolute atomic E-state index is 0.00556. The molecule has 0 saturated carbocycles. The Hall–Kier alpha value is -1.20. The number of hydrogen-bond acceptors (Lipinski definition) is 5. The predicted molar refractivity (Wildman–Crippen MR) is 80.8 cm³/mol. The van der Waals surface area contributed by atoms with Gasteiger partial charge in [0.05, 0.1) is 5.38 Å². The number of esters is 1. The van der Waals surface area contributed by atoms with Crippen molar-refractivity contribution in [2.45, 2.75) is 63.0 Å². The second-order valence-electron chi connectivity index (χ2n) is 5.52. The Balaban J connectivity index is 2.91. The monoisotopic (exact) mass is 315 g/mol. The summed E-state index contributed by atoms with van der Waals surface area (Å²) in [5, 5.41) is 16.7. The van der Waals surface area contributed by atoms with Gasteiger partial charge in [0.2, 0.25) is 0 Å². The molecule has 0 aromatic rings. The van der Waals surface area contributed by atoms with Crippen LogP contribution in [-0.2, 0) is 14.3 Å². The maximum atomic E-state index is 12.1. The number of ether oxygens (including phenoxy) is 1. The molecule has 0 amide bonds. The fourth-order valence-electron chi connectivity index (χ4n) is 2.22. The van der Waals surface area contributed by atoms with Gasteiger partial charge in [-0.2, -0.15) is 0 Å². The molecular formula is C15H22ClNO4. The van der Waals surface area contributed by atoms with Crippen molar-refractivity contribution in [2.24, 2.45) is 0 Å². The van der Waals surface area contributed by atoms with E-state index in [0.717, 1.165) is 6.21 Å². The lowest BCUT2D eigenvalue weighted by molar-refractivity contribution is -0.146. The van der Waals surface area contributed by atoms with Crippen molar-refractivity contribution in [1.82, 2.24) is 0 Å². The van der Waals surface area contributed by atoms with Crippen LogP contribution in [0.15, 0.2) is 11.6 Å². The van der Waals surface area contributed by atoms with Gasteiger partial charge in [-0.15, -0.1) is 11.6 Å². The van der Waals surface area contributed by atoms with Crippen LogP contribution in [0.2, 0.25) is 0 Å². The minimum atomic E-state index is -1.49. The number of allylic oxidation sites excluding steroid dienone is 1. The molecule has 1 rings (SSSR count). The van der Waals surface area contributed by atoms with Gasteiger partial charge in [0.1, 0.15) is 11.7 Å². The Morgan fingerprint density at radius 3 is 2.81 bits per heavy atom. The molecule has 1 unspecified atom stereocenters. The first-order valence-corrected chi connectivity index (χ1v) is 7.52. The molecule has 0 aliphatic carbocycles. The number of aliphatic hydroxyl groups is 1. The van der Waals surface area contributed by atoms with E-state index in [1.807, 2.05) is 0 Å². The Kier molecular flexibility index (Phi) is 6.55. The highest BCUT2D eigenvalue weighted by molar-refractivity contribution is 6.32. The quantitative estimate of drug-likeness (QED) is 0.442. The van der Waals surface area contributed by atoms with Gasteiger partial charge in [-0.3, -0.25) is 9.59 Å². The third-order valence-electron chi connectivity index (χ3n) is 3.61. The molecule has 1 aliphatic rings. The maximum absolute atomic E-state index is 12.1. The molecular weight excluding hydrogens is 294 g/mol. The molecule has 0 radical (unpaired) electrons. The smallest absolute Gasteiger partial charge is 0.306 e. The molecule has 0 bridgehead atoms. The minimum Gasteiger partial charge on any atom is -0.458 e. The number of ketones is 1. The van der Waals surface area contributed by atoms with Gasteiger partial charge >= 0.3 is 5.97 Å². The summed E-state index contributed by atoms with van der Waals surface area (Å²) in [7, 11) is 0. The Morgan fingerprint density at radius 1 is 1.52 bits per heavy atom. The highest BCUT2D eigenvalue weighted by Gasteiger charge is 2.34. The Bertz CT molecular complexity index is 445. The topological polar surface area (TPSA) is 87.5 Å². The molecule has 0 aromatic heterocycles. The van der Waals surface area contributed by atoms with E-state index in [9.17, 15) is 14.7 Å². The number of Topliss-reactive ketones (excluding diaryl/α,β-unsaturated/α-hetero) is 1. The lowest BCUT2D eigenvalue weighted by Crippen LogP contribution is -2.40. The van der Waals surface area contributed by atoms with Crippen LogP contribution in [0.3, 0.4) is 0 Å². The number of alkyl halides is 1. The van der Waals surface area contributed by atoms with Crippen LogP contribution in [-0.4, -0.2) is 40.2 Å². The lowest BCUT2D eigenvalue weighted by Gasteiger charge is -2.23. The van der Waals surface area contributed by atoms with Gasteiger partial charge in [0.15, 0.2) is 5.78 Å². The number of carbonyl (C=O) groups is 2. The van der Waals surface area contributed by atoms with Gasteiger partial charge < -0.3 is 15.3 Å². The van der Waals surface area contributed by atoms with E-state index in [0.29, 0.717) is 24.8 Å². The number of rotatable bonds is 1. The summed E-state index contributed by atoms with van der Waals surface area (Å²) in [6.07, 6.45) is 4.05. The third-order valence-corrected chi connectivity index (χ3v) is 4.03. The molecule has 3 atom stereocenters. The van der Waals surface area contributed by atoms with E-state index in [4.69, 9.17) is 21.7 Å². The SMILES string of the molecule is CC1OC(=O)CC[C@H](Cl)C(=O)[C@@](C)(O)CCC/C=C\1C=N. The summed E-state index contributed by atoms with van der Waals surface area (Å²) in [5.74, 6) is -0.923. The Labute approximate surface area is 129 Å². The first-order valence-electron chi connectivity index (χ1n) is 7.08. The van der Waals surface area contributed by atoms with Crippen LogP contribution in [0.4, 0.5) is 0 Å². The number of halogens is 1. The van der Waals surface area contributed by atoms with Crippen molar-refractivity contribution in [3.8, 4) is 0 Å². The van der Waals surface area contributed by atoms with Gasteiger partial charge in [-0.05, 0) is 39.5 Å². The largest absolute Gasteiger partial charge is 0.458 e. The van der Waals surface area contributed by atoms with Crippen LogP contribution < -0.4 is 0 Å². The predicted octanol–water partition coefficient (Wildman–Crippen LogP) is 2.39. The highest BCUT2D eigenvalue weighted by atomic mass is 35.5. The number of hydrogen-bond donors (Lipinski definition) is 2. The molecule has 0 aromatic carbocycles. The summed E-state index contributed by atoms with van der Waals surface area (Å²) in [4.78, 5) is 23.8. The summed E-state index contributed by atoms with van der Waals surface area (Å²) in [6.45, 7) is 3.15. The molecule has 118 valence electrons. The van der Waals surface area contributed by atoms with Crippen LogP contribution in [0, 0.1) is 5.41 Å². The van der Waals surface area contributed by atoms with Gasteiger partial charge in [0.25, 0.3) is 0 Å². The zero-order valence-electron chi connectivity index (χ0n) is 12.4. The second-order valence-corrected chi connectivity index (χ2v) is 6.04. The Morgan fingerprint density at radius 2 is 2.19 bits per heavy atom. The zero-order chi connectivity index (χ0) is 16.0. The summed E-state index contributed by atoms with van der Waals surface area (Å²) in [5.41, 5.74) is -0.884. The number of cyclic esters (lactones) is 1. The van der Waals surface area contributed by atoms with Crippen molar-refractivity contribution in [3.63, 3.8) is 0 Å². The van der Waals surface area contributed by atoms with Crippen LogP contribution >= 0.6 is 11.6 Å². The van der Waals surface area contributed by atoms with Gasteiger partial charge in [0, 0.05) is 18.2 Å². The molecule has 21 heavy (non-hydrogen) atoms. The summed E-state index contributed by atoms with van der Waals surface area (Å²) < 4.78 is 5.21. The zero-order valence-corrected chi connectivity index (χ0v) is 13.2. The fraction of sp³-hybridized carbons (Fsp3) is 0.667. The fourth-order valence-corrected chi connectivity index (χ4v) is 2.56. The van der Waals surface area contributed by atoms with Crippen LogP contribution in [0.1, 0.15) is 46.0 Å². The van der Waals surface area contributed by atoms with Crippen molar-refractivity contribution >= 4 is 29.6 Å².